The summed E-state index contributed by atoms with van der Waals surface area (Å²) in [5.74, 6) is -1.29. The minimum atomic E-state index is -0.710. The van der Waals surface area contributed by atoms with Gasteiger partial charge in [0.2, 0.25) is 5.95 Å². The lowest BCUT2D eigenvalue weighted by molar-refractivity contribution is 0.562. The van der Waals surface area contributed by atoms with Gasteiger partial charge >= 0.3 is 0 Å². The molecule has 2 rings (SSSR count). The summed E-state index contributed by atoms with van der Waals surface area (Å²) in [7, 11) is 4.92. The van der Waals surface area contributed by atoms with E-state index in [0.717, 1.165) is 6.07 Å². The Bertz CT molecular complexity index is 548. The fourth-order valence-electron chi connectivity index (χ4n) is 1.57. The molecule has 0 aliphatic carbocycles. The summed E-state index contributed by atoms with van der Waals surface area (Å²) in [5, 5.41) is 0. The van der Waals surface area contributed by atoms with Crippen LogP contribution in [-0.2, 0) is 7.05 Å². The van der Waals surface area contributed by atoms with Gasteiger partial charge in [0.1, 0.15) is 0 Å². The van der Waals surface area contributed by atoms with Gasteiger partial charge in [-0.2, -0.15) is 9.37 Å². The third-order valence-electron chi connectivity index (χ3n) is 2.43. The number of imidazole rings is 1. The van der Waals surface area contributed by atoms with Crippen molar-refractivity contribution in [3.8, 4) is 11.3 Å². The average Bonchev–Trinajstić information content (AvgIpc) is 2.67. The lowest BCUT2D eigenvalue weighted by Crippen LogP contribution is -2.14. The van der Waals surface area contributed by atoms with Crippen molar-refractivity contribution < 1.29 is 8.78 Å². The fourth-order valence-corrected chi connectivity index (χ4v) is 1.57. The number of halogens is 2. The van der Waals surface area contributed by atoms with E-state index in [9.17, 15) is 8.78 Å². The van der Waals surface area contributed by atoms with Gasteiger partial charge in [-0.05, 0) is 6.07 Å². The van der Waals surface area contributed by atoms with Crippen molar-refractivity contribution in [3.05, 3.63) is 30.4 Å². The van der Waals surface area contributed by atoms with Crippen LogP contribution in [0.4, 0.5) is 14.6 Å². The molecule has 0 spiro atoms. The van der Waals surface area contributed by atoms with Crippen LogP contribution in [0.25, 0.3) is 11.3 Å². The molecule has 0 unspecified atom stereocenters. The average molecular weight is 238 g/mol. The van der Waals surface area contributed by atoms with Crippen LogP contribution >= 0.6 is 0 Å². The molecule has 0 radical (unpaired) electrons. The second-order valence-electron chi connectivity index (χ2n) is 3.92. The zero-order valence-electron chi connectivity index (χ0n) is 9.78. The van der Waals surface area contributed by atoms with E-state index in [0.29, 0.717) is 5.69 Å². The Hall–Kier alpha value is -1.98. The van der Waals surface area contributed by atoms with Crippen molar-refractivity contribution in [2.45, 2.75) is 0 Å². The largest absolute Gasteiger partial charge is 0.360 e. The Labute approximate surface area is 97.5 Å². The maximum atomic E-state index is 13.8. The first-order valence-electron chi connectivity index (χ1n) is 5.00. The maximum Gasteiger partial charge on any atom is 0.224 e. The van der Waals surface area contributed by atoms with Gasteiger partial charge in [0.15, 0.2) is 11.6 Å². The molecule has 0 fully saturated rings. The summed E-state index contributed by atoms with van der Waals surface area (Å²) in [6.45, 7) is 0. The van der Waals surface area contributed by atoms with Crippen molar-refractivity contribution in [1.82, 2.24) is 14.5 Å². The predicted octanol–water partition coefficient (Wildman–Crippen LogP) is 1.83. The second-order valence-corrected chi connectivity index (χ2v) is 3.92. The van der Waals surface area contributed by atoms with Gasteiger partial charge in [-0.25, -0.2) is 9.37 Å². The van der Waals surface area contributed by atoms with Gasteiger partial charge < -0.3 is 9.47 Å². The number of aromatic nitrogens is 3. The Morgan fingerprint density at radius 2 is 2.00 bits per heavy atom. The molecule has 17 heavy (non-hydrogen) atoms. The van der Waals surface area contributed by atoms with Crippen LogP contribution in [0.15, 0.2) is 18.6 Å². The molecule has 2 aromatic rings. The topological polar surface area (TPSA) is 34.0 Å². The first kappa shape index (κ1) is 11.5. The van der Waals surface area contributed by atoms with Gasteiger partial charge in [0, 0.05) is 21.1 Å². The molecule has 2 aromatic heterocycles. The smallest absolute Gasteiger partial charge is 0.224 e. The number of anilines is 1. The van der Waals surface area contributed by atoms with E-state index in [2.05, 4.69) is 9.97 Å². The molecule has 0 aliphatic rings. The number of pyridine rings is 1. The molecule has 4 nitrogen and oxygen atoms in total. The van der Waals surface area contributed by atoms with Crippen molar-refractivity contribution in [3.63, 3.8) is 0 Å². The number of nitrogens with zero attached hydrogens (tertiary/aromatic N) is 4. The minimum Gasteiger partial charge on any atom is -0.360 e. The van der Waals surface area contributed by atoms with Gasteiger partial charge in [0.05, 0.1) is 23.8 Å². The van der Waals surface area contributed by atoms with Crippen LogP contribution < -0.4 is 4.90 Å². The summed E-state index contributed by atoms with van der Waals surface area (Å²) in [5.41, 5.74) is 0.590. The van der Waals surface area contributed by atoms with E-state index in [1.807, 2.05) is 0 Å². The molecule has 0 bridgehead atoms. The monoisotopic (exact) mass is 238 g/mol. The molecule has 2 heterocycles. The third-order valence-corrected chi connectivity index (χ3v) is 2.43. The first-order valence-corrected chi connectivity index (χ1v) is 5.00. The molecule has 6 heteroatoms. The zero-order chi connectivity index (χ0) is 12.6. The maximum absolute atomic E-state index is 13.8. The van der Waals surface area contributed by atoms with E-state index in [4.69, 9.17) is 0 Å². The van der Waals surface area contributed by atoms with Crippen LogP contribution in [-0.4, -0.2) is 28.6 Å². The summed E-state index contributed by atoms with van der Waals surface area (Å²) in [6, 6.07) is 1.13. The molecule has 0 N–H and O–H groups in total. The van der Waals surface area contributed by atoms with Gasteiger partial charge in [-0.3, -0.25) is 0 Å². The molecule has 0 aliphatic heterocycles. The van der Waals surface area contributed by atoms with Crippen molar-refractivity contribution in [2.75, 3.05) is 19.0 Å². The molecular weight excluding hydrogens is 226 g/mol. The highest BCUT2D eigenvalue weighted by molar-refractivity contribution is 5.61. The molecule has 0 aromatic carbocycles. The van der Waals surface area contributed by atoms with Crippen molar-refractivity contribution >= 4 is 5.82 Å². The lowest BCUT2D eigenvalue weighted by atomic mass is 10.2. The highest BCUT2D eigenvalue weighted by atomic mass is 19.1. The Kier molecular flexibility index (Phi) is 2.79. The highest BCUT2D eigenvalue weighted by Crippen LogP contribution is 2.25. The van der Waals surface area contributed by atoms with E-state index in [1.54, 1.807) is 25.7 Å². The van der Waals surface area contributed by atoms with E-state index in [-0.39, 0.29) is 11.4 Å². The number of hydrogen-bond acceptors (Lipinski definition) is 3. The van der Waals surface area contributed by atoms with Crippen molar-refractivity contribution in [1.29, 1.82) is 0 Å². The Balaban J connectivity index is 2.58. The van der Waals surface area contributed by atoms with E-state index in [1.165, 1.54) is 17.4 Å². The summed E-state index contributed by atoms with van der Waals surface area (Å²) < 4.78 is 29.1. The quantitative estimate of drug-likeness (QED) is 0.748. The van der Waals surface area contributed by atoms with E-state index < -0.39 is 11.8 Å². The minimum absolute atomic E-state index is 0.0200. The fraction of sp³-hybridized carbons (Fsp3) is 0.273. The lowest BCUT2D eigenvalue weighted by Gasteiger charge is -2.13. The highest BCUT2D eigenvalue weighted by Gasteiger charge is 2.16. The summed E-state index contributed by atoms with van der Waals surface area (Å²) in [4.78, 5) is 8.90. The Morgan fingerprint density at radius 1 is 1.29 bits per heavy atom. The van der Waals surface area contributed by atoms with Crippen LogP contribution in [0.2, 0.25) is 0 Å². The Morgan fingerprint density at radius 3 is 2.53 bits per heavy atom. The standard InChI is InChI=1S/C11H12F2N4/c1-16(2)11-8(12)4-7(10(13)15-11)9-5-14-6-17(9)3/h4-6H,1-3H3. The second kappa shape index (κ2) is 4.12. The van der Waals surface area contributed by atoms with E-state index >= 15 is 0 Å². The van der Waals surface area contributed by atoms with Gasteiger partial charge in [0.25, 0.3) is 0 Å². The van der Waals surface area contributed by atoms with Crippen LogP contribution in [0.1, 0.15) is 0 Å². The van der Waals surface area contributed by atoms with Gasteiger partial charge in [-0.15, -0.1) is 0 Å². The molecule has 0 atom stereocenters. The van der Waals surface area contributed by atoms with Crippen LogP contribution in [0, 0.1) is 11.8 Å². The normalized spacial score (nSPS) is 10.6. The molecular formula is C11H12F2N4. The predicted molar refractivity (Wildman–Crippen MR) is 60.7 cm³/mol. The number of aryl methyl sites for hydroxylation is 1. The SMILES string of the molecule is CN(C)c1nc(F)c(-c2cncn2C)cc1F. The molecule has 0 amide bonds. The van der Waals surface area contributed by atoms with Crippen LogP contribution in [0.3, 0.4) is 0 Å². The third kappa shape index (κ3) is 1.98. The first-order chi connectivity index (χ1) is 8.00. The van der Waals surface area contributed by atoms with Crippen LogP contribution in [0.5, 0.6) is 0 Å². The molecule has 0 saturated carbocycles. The van der Waals surface area contributed by atoms with Crippen molar-refractivity contribution in [2.24, 2.45) is 7.05 Å². The summed E-state index contributed by atoms with van der Waals surface area (Å²) in [6.07, 6.45) is 2.99. The molecule has 0 saturated heterocycles. The number of rotatable bonds is 2. The van der Waals surface area contributed by atoms with Gasteiger partial charge in [-0.1, -0.05) is 0 Å². The molecule has 90 valence electrons. The number of hydrogen-bond donors (Lipinski definition) is 0. The zero-order valence-corrected chi connectivity index (χ0v) is 9.78. The summed E-state index contributed by atoms with van der Waals surface area (Å²) >= 11 is 0.